The quantitative estimate of drug-likeness (QED) is 0.853. The Bertz CT molecular complexity index is 637. The third-order valence-electron chi connectivity index (χ3n) is 3.65. The standard InChI is InChI=1S/C19H23NO3/c1-4-16-7-5-6-8-18(16)23-14(2)19(21)20-13-15-9-11-17(22-3)12-10-15/h5-12,14H,4,13H2,1-3H3,(H,20,21). The first-order valence-electron chi connectivity index (χ1n) is 7.79. The summed E-state index contributed by atoms with van der Waals surface area (Å²) in [6.45, 7) is 4.29. The fourth-order valence-corrected chi connectivity index (χ4v) is 2.23. The first-order chi connectivity index (χ1) is 11.1. The summed E-state index contributed by atoms with van der Waals surface area (Å²) in [6, 6.07) is 15.4. The van der Waals surface area contributed by atoms with Gasteiger partial charge in [-0.1, -0.05) is 37.3 Å². The Hall–Kier alpha value is -2.49. The topological polar surface area (TPSA) is 47.6 Å². The summed E-state index contributed by atoms with van der Waals surface area (Å²) in [5, 5.41) is 2.89. The molecule has 0 aliphatic rings. The second-order valence-corrected chi connectivity index (χ2v) is 5.29. The third kappa shape index (κ3) is 4.74. The van der Waals surface area contributed by atoms with Gasteiger partial charge in [0.15, 0.2) is 6.10 Å². The monoisotopic (exact) mass is 313 g/mol. The van der Waals surface area contributed by atoms with Gasteiger partial charge in [-0.15, -0.1) is 0 Å². The van der Waals surface area contributed by atoms with E-state index in [2.05, 4.69) is 12.2 Å². The predicted molar refractivity (Wildman–Crippen MR) is 90.8 cm³/mol. The Kier molecular flexibility index (Phi) is 6.03. The minimum absolute atomic E-state index is 0.133. The van der Waals surface area contributed by atoms with Gasteiger partial charge in [0.05, 0.1) is 7.11 Å². The van der Waals surface area contributed by atoms with Crippen molar-refractivity contribution in [2.45, 2.75) is 32.9 Å². The molecule has 122 valence electrons. The van der Waals surface area contributed by atoms with E-state index in [4.69, 9.17) is 9.47 Å². The van der Waals surface area contributed by atoms with Crippen molar-refractivity contribution in [1.29, 1.82) is 0 Å². The van der Waals surface area contributed by atoms with Crippen molar-refractivity contribution in [3.8, 4) is 11.5 Å². The van der Waals surface area contributed by atoms with E-state index in [-0.39, 0.29) is 5.91 Å². The fourth-order valence-electron chi connectivity index (χ4n) is 2.23. The number of amides is 1. The lowest BCUT2D eigenvalue weighted by Crippen LogP contribution is -2.36. The minimum atomic E-state index is -0.541. The molecule has 0 heterocycles. The van der Waals surface area contributed by atoms with Crippen molar-refractivity contribution >= 4 is 5.91 Å². The van der Waals surface area contributed by atoms with Gasteiger partial charge in [0.1, 0.15) is 11.5 Å². The number of nitrogens with one attached hydrogen (secondary N) is 1. The van der Waals surface area contributed by atoms with Crippen LogP contribution in [0.5, 0.6) is 11.5 Å². The van der Waals surface area contributed by atoms with Crippen LogP contribution >= 0.6 is 0 Å². The fraction of sp³-hybridized carbons (Fsp3) is 0.316. The molecule has 0 radical (unpaired) electrons. The number of ether oxygens (including phenoxy) is 2. The van der Waals surface area contributed by atoms with Crippen molar-refractivity contribution in [2.24, 2.45) is 0 Å². The molecule has 0 aromatic heterocycles. The normalized spacial score (nSPS) is 11.6. The lowest BCUT2D eigenvalue weighted by molar-refractivity contribution is -0.127. The molecule has 4 nitrogen and oxygen atoms in total. The average Bonchev–Trinajstić information content (AvgIpc) is 2.60. The molecule has 4 heteroatoms. The Morgan fingerprint density at radius 3 is 2.48 bits per heavy atom. The summed E-state index contributed by atoms with van der Waals surface area (Å²) in [4.78, 5) is 12.2. The van der Waals surface area contributed by atoms with E-state index in [0.717, 1.165) is 29.0 Å². The van der Waals surface area contributed by atoms with E-state index in [1.165, 1.54) is 0 Å². The van der Waals surface area contributed by atoms with Crippen LogP contribution in [0.25, 0.3) is 0 Å². The Balaban J connectivity index is 1.89. The summed E-state index contributed by atoms with van der Waals surface area (Å²) in [6.07, 6.45) is 0.331. The number of hydrogen-bond acceptors (Lipinski definition) is 3. The first kappa shape index (κ1) is 16.9. The van der Waals surface area contributed by atoms with E-state index in [9.17, 15) is 4.79 Å². The molecule has 0 aliphatic heterocycles. The summed E-state index contributed by atoms with van der Waals surface area (Å²) in [7, 11) is 1.63. The lowest BCUT2D eigenvalue weighted by Gasteiger charge is -2.17. The van der Waals surface area contributed by atoms with Gasteiger partial charge in [0, 0.05) is 6.54 Å². The molecule has 0 bridgehead atoms. The molecule has 23 heavy (non-hydrogen) atoms. The minimum Gasteiger partial charge on any atom is -0.497 e. The number of aryl methyl sites for hydroxylation is 1. The van der Waals surface area contributed by atoms with Gasteiger partial charge in [-0.3, -0.25) is 4.79 Å². The first-order valence-corrected chi connectivity index (χ1v) is 7.79. The Labute approximate surface area is 137 Å². The summed E-state index contributed by atoms with van der Waals surface area (Å²) >= 11 is 0. The van der Waals surface area contributed by atoms with Crippen molar-refractivity contribution < 1.29 is 14.3 Å². The number of carbonyl (C=O) groups is 1. The van der Waals surface area contributed by atoms with Gasteiger partial charge < -0.3 is 14.8 Å². The van der Waals surface area contributed by atoms with Crippen LogP contribution in [0.3, 0.4) is 0 Å². The maximum atomic E-state index is 12.2. The lowest BCUT2D eigenvalue weighted by atomic mass is 10.1. The van der Waals surface area contributed by atoms with Crippen molar-refractivity contribution in [3.05, 3.63) is 59.7 Å². The molecular weight excluding hydrogens is 290 g/mol. The van der Waals surface area contributed by atoms with Crippen LogP contribution in [0.2, 0.25) is 0 Å². The molecule has 0 fully saturated rings. The van der Waals surface area contributed by atoms with Crippen LogP contribution in [-0.4, -0.2) is 19.1 Å². The number of para-hydroxylation sites is 1. The number of methoxy groups -OCH3 is 1. The van der Waals surface area contributed by atoms with Gasteiger partial charge in [-0.2, -0.15) is 0 Å². The van der Waals surface area contributed by atoms with Crippen molar-refractivity contribution in [1.82, 2.24) is 5.32 Å². The zero-order chi connectivity index (χ0) is 16.7. The molecule has 2 rings (SSSR count). The van der Waals surface area contributed by atoms with Crippen molar-refractivity contribution in [3.63, 3.8) is 0 Å². The molecule has 1 atom stereocenters. The summed E-state index contributed by atoms with van der Waals surface area (Å²) in [5.41, 5.74) is 2.11. The number of carbonyl (C=O) groups excluding carboxylic acids is 1. The van der Waals surface area contributed by atoms with E-state index in [1.807, 2.05) is 48.5 Å². The maximum absolute atomic E-state index is 12.2. The molecule has 0 saturated heterocycles. The van der Waals surface area contributed by atoms with Gasteiger partial charge in [-0.05, 0) is 42.7 Å². The Morgan fingerprint density at radius 2 is 1.83 bits per heavy atom. The average molecular weight is 313 g/mol. The molecule has 0 saturated carbocycles. The van der Waals surface area contributed by atoms with Crippen LogP contribution in [0.15, 0.2) is 48.5 Å². The SMILES string of the molecule is CCc1ccccc1OC(C)C(=O)NCc1ccc(OC)cc1. The third-order valence-corrected chi connectivity index (χ3v) is 3.65. The highest BCUT2D eigenvalue weighted by Crippen LogP contribution is 2.19. The van der Waals surface area contributed by atoms with Crippen LogP contribution in [-0.2, 0) is 17.8 Å². The molecule has 0 spiro atoms. The number of rotatable bonds is 7. The number of benzene rings is 2. The van der Waals surface area contributed by atoms with Crippen molar-refractivity contribution in [2.75, 3.05) is 7.11 Å². The summed E-state index contributed by atoms with van der Waals surface area (Å²) in [5.74, 6) is 1.43. The maximum Gasteiger partial charge on any atom is 0.261 e. The largest absolute Gasteiger partial charge is 0.497 e. The van der Waals surface area contributed by atoms with E-state index in [0.29, 0.717) is 6.54 Å². The number of hydrogen-bond donors (Lipinski definition) is 1. The molecule has 0 aliphatic carbocycles. The highest BCUT2D eigenvalue weighted by Gasteiger charge is 2.15. The molecule has 2 aromatic carbocycles. The zero-order valence-corrected chi connectivity index (χ0v) is 13.8. The van der Waals surface area contributed by atoms with Gasteiger partial charge >= 0.3 is 0 Å². The van der Waals surface area contributed by atoms with E-state index in [1.54, 1.807) is 14.0 Å². The Morgan fingerprint density at radius 1 is 1.13 bits per heavy atom. The highest BCUT2D eigenvalue weighted by molar-refractivity contribution is 5.80. The molecule has 1 N–H and O–H groups in total. The van der Waals surface area contributed by atoms with Crippen LogP contribution in [0, 0.1) is 0 Å². The smallest absolute Gasteiger partial charge is 0.261 e. The zero-order valence-electron chi connectivity index (χ0n) is 13.8. The van der Waals surface area contributed by atoms with E-state index < -0.39 is 6.10 Å². The molecule has 1 amide bonds. The highest BCUT2D eigenvalue weighted by atomic mass is 16.5. The molecule has 1 unspecified atom stereocenters. The van der Waals surface area contributed by atoms with Gasteiger partial charge in [-0.25, -0.2) is 0 Å². The molecule has 2 aromatic rings. The summed E-state index contributed by atoms with van der Waals surface area (Å²) < 4.78 is 10.9. The van der Waals surface area contributed by atoms with Gasteiger partial charge in [0.2, 0.25) is 0 Å². The van der Waals surface area contributed by atoms with Gasteiger partial charge in [0.25, 0.3) is 5.91 Å². The van der Waals surface area contributed by atoms with Crippen LogP contribution in [0.4, 0.5) is 0 Å². The van der Waals surface area contributed by atoms with E-state index >= 15 is 0 Å². The van der Waals surface area contributed by atoms with Crippen LogP contribution in [0.1, 0.15) is 25.0 Å². The predicted octanol–water partition coefficient (Wildman–Crippen LogP) is 3.34. The molecular formula is C19H23NO3. The second kappa shape index (κ2) is 8.22. The van der Waals surface area contributed by atoms with Crippen LogP contribution < -0.4 is 14.8 Å². The second-order valence-electron chi connectivity index (χ2n) is 5.29.